The highest BCUT2D eigenvalue weighted by atomic mass is 16.6. The van der Waals surface area contributed by atoms with Crippen LogP contribution < -0.4 is 0 Å². The van der Waals surface area contributed by atoms with Gasteiger partial charge in [-0.3, -0.25) is 14.4 Å². The second kappa shape index (κ2) is 61.1. The quantitative estimate of drug-likeness (QED) is 0.0261. The molecule has 0 spiro atoms. The van der Waals surface area contributed by atoms with Gasteiger partial charge in [0.1, 0.15) is 13.2 Å². The molecule has 0 bridgehead atoms. The molecule has 418 valence electrons. The van der Waals surface area contributed by atoms with Crippen molar-refractivity contribution in [2.24, 2.45) is 0 Å². The van der Waals surface area contributed by atoms with Crippen LogP contribution >= 0.6 is 0 Å². The molecule has 0 aliphatic heterocycles. The standard InChI is InChI=1S/C68H110O6/c1-4-7-10-13-16-19-22-24-26-28-30-32-34-36-38-40-42-44-46-49-52-55-58-61-67(70)73-64-65(63-72-66(69)60-57-54-51-48-21-18-15-12-9-6-3)74-68(71)62-59-56-53-50-47-45-43-41-39-37-35-33-31-29-27-25-23-20-17-14-11-8-5-2/h7-8,10-12,15-17,19-20,24-27,30-33,36-39,65H,4-6,9,13-14,18,21-23,28-29,34-35,40-64H2,1-3H3/b10-7-,11-8-,15-12-,19-16-,20-17-,26-24-,27-25-,32-30-,33-31-,38-36-,39-37-. The van der Waals surface area contributed by atoms with E-state index in [0.29, 0.717) is 19.3 Å². The van der Waals surface area contributed by atoms with E-state index in [1.165, 1.54) is 57.8 Å². The van der Waals surface area contributed by atoms with Gasteiger partial charge in [-0.1, -0.05) is 244 Å². The summed E-state index contributed by atoms with van der Waals surface area (Å²) in [6.45, 7) is 6.32. The molecule has 0 radical (unpaired) electrons. The third kappa shape index (κ3) is 58.4. The van der Waals surface area contributed by atoms with Gasteiger partial charge < -0.3 is 14.2 Å². The minimum atomic E-state index is -0.797. The van der Waals surface area contributed by atoms with E-state index in [-0.39, 0.29) is 31.1 Å². The lowest BCUT2D eigenvalue weighted by Crippen LogP contribution is -2.30. The monoisotopic (exact) mass is 1020 g/mol. The number of hydrogen-bond acceptors (Lipinski definition) is 6. The average molecular weight is 1020 g/mol. The highest BCUT2D eigenvalue weighted by Gasteiger charge is 2.19. The van der Waals surface area contributed by atoms with E-state index in [4.69, 9.17) is 14.2 Å². The van der Waals surface area contributed by atoms with Gasteiger partial charge in [0.15, 0.2) is 6.10 Å². The van der Waals surface area contributed by atoms with Crippen molar-refractivity contribution in [1.82, 2.24) is 0 Å². The van der Waals surface area contributed by atoms with E-state index in [1.54, 1.807) is 0 Å². The summed E-state index contributed by atoms with van der Waals surface area (Å²) in [6.07, 6.45) is 85.9. The predicted octanol–water partition coefficient (Wildman–Crippen LogP) is 20.6. The molecule has 0 amide bonds. The van der Waals surface area contributed by atoms with E-state index in [9.17, 15) is 14.4 Å². The zero-order valence-corrected chi connectivity index (χ0v) is 47.8. The number of ether oxygens (including phenoxy) is 3. The molecule has 0 heterocycles. The van der Waals surface area contributed by atoms with Crippen molar-refractivity contribution in [3.8, 4) is 0 Å². The van der Waals surface area contributed by atoms with Crippen LogP contribution in [0.1, 0.15) is 258 Å². The van der Waals surface area contributed by atoms with Crippen molar-refractivity contribution in [3.63, 3.8) is 0 Å². The molecule has 6 heteroatoms. The summed E-state index contributed by atoms with van der Waals surface area (Å²) in [4.78, 5) is 38.2. The average Bonchev–Trinajstić information content (AvgIpc) is 3.40. The van der Waals surface area contributed by atoms with Crippen molar-refractivity contribution >= 4 is 17.9 Å². The van der Waals surface area contributed by atoms with Crippen LogP contribution in [0.5, 0.6) is 0 Å². The first kappa shape index (κ1) is 69.5. The van der Waals surface area contributed by atoms with Gasteiger partial charge >= 0.3 is 17.9 Å². The van der Waals surface area contributed by atoms with Crippen LogP contribution in [0.4, 0.5) is 0 Å². The van der Waals surface area contributed by atoms with E-state index in [1.807, 2.05) is 0 Å². The lowest BCUT2D eigenvalue weighted by molar-refractivity contribution is -0.167. The molecule has 0 aromatic rings. The summed E-state index contributed by atoms with van der Waals surface area (Å²) >= 11 is 0. The Hall–Kier alpha value is -4.45. The molecule has 74 heavy (non-hydrogen) atoms. The largest absolute Gasteiger partial charge is 0.462 e. The Morgan fingerprint density at radius 1 is 0.284 bits per heavy atom. The summed E-state index contributed by atoms with van der Waals surface area (Å²) < 4.78 is 16.8. The van der Waals surface area contributed by atoms with Gasteiger partial charge in [-0.25, -0.2) is 0 Å². The normalized spacial score (nSPS) is 13.1. The lowest BCUT2D eigenvalue weighted by Gasteiger charge is -2.18. The molecule has 1 unspecified atom stereocenters. The highest BCUT2D eigenvalue weighted by molar-refractivity contribution is 5.71. The molecule has 0 fully saturated rings. The molecule has 1 atom stereocenters. The fourth-order valence-corrected chi connectivity index (χ4v) is 7.91. The molecular weight excluding hydrogens is 913 g/mol. The molecule has 0 saturated heterocycles. The van der Waals surface area contributed by atoms with Gasteiger partial charge in [-0.15, -0.1) is 0 Å². The molecule has 0 aliphatic carbocycles. The van der Waals surface area contributed by atoms with Crippen LogP contribution in [0.15, 0.2) is 134 Å². The number of esters is 3. The van der Waals surface area contributed by atoms with E-state index < -0.39 is 6.10 Å². The Labute approximate surface area is 455 Å². The smallest absolute Gasteiger partial charge is 0.306 e. The maximum absolute atomic E-state index is 12.9. The minimum absolute atomic E-state index is 0.0946. The molecule has 6 nitrogen and oxygen atoms in total. The molecule has 0 aromatic heterocycles. The fourth-order valence-electron chi connectivity index (χ4n) is 7.91. The molecule has 0 aliphatic rings. The molecule has 0 N–H and O–H groups in total. The maximum Gasteiger partial charge on any atom is 0.306 e. The molecule has 0 rings (SSSR count). The van der Waals surface area contributed by atoms with Crippen LogP contribution in [0, 0.1) is 0 Å². The minimum Gasteiger partial charge on any atom is -0.462 e. The Bertz CT molecular complexity index is 1600. The molecular formula is C68H110O6. The fraction of sp³-hybridized carbons (Fsp3) is 0.632. The van der Waals surface area contributed by atoms with Gasteiger partial charge in [0.05, 0.1) is 0 Å². The Morgan fingerprint density at radius 3 is 0.838 bits per heavy atom. The Kier molecular flexibility index (Phi) is 57.4. The number of allylic oxidation sites excluding steroid dienone is 22. The van der Waals surface area contributed by atoms with Crippen molar-refractivity contribution in [2.45, 2.75) is 264 Å². The summed E-state index contributed by atoms with van der Waals surface area (Å²) in [5.74, 6) is -0.929. The van der Waals surface area contributed by atoms with Crippen molar-refractivity contribution in [2.75, 3.05) is 13.2 Å². The summed E-state index contributed by atoms with van der Waals surface area (Å²) in [6, 6.07) is 0. The van der Waals surface area contributed by atoms with Gasteiger partial charge in [0, 0.05) is 19.3 Å². The molecule has 0 aromatic carbocycles. The summed E-state index contributed by atoms with van der Waals surface area (Å²) in [5, 5.41) is 0. The zero-order valence-electron chi connectivity index (χ0n) is 47.8. The van der Waals surface area contributed by atoms with Gasteiger partial charge in [-0.2, -0.15) is 0 Å². The van der Waals surface area contributed by atoms with Crippen LogP contribution in [0.2, 0.25) is 0 Å². The second-order valence-corrected chi connectivity index (χ2v) is 19.5. The number of rotatable bonds is 53. The van der Waals surface area contributed by atoms with Crippen molar-refractivity contribution in [3.05, 3.63) is 134 Å². The predicted molar refractivity (Wildman–Crippen MR) is 320 cm³/mol. The third-order valence-corrected chi connectivity index (χ3v) is 12.4. The Balaban J connectivity index is 4.36. The van der Waals surface area contributed by atoms with Gasteiger partial charge in [-0.05, 0) is 128 Å². The van der Waals surface area contributed by atoms with Crippen LogP contribution in [0.3, 0.4) is 0 Å². The first-order valence-electron chi connectivity index (χ1n) is 30.2. The number of carbonyl (C=O) groups excluding carboxylic acids is 3. The third-order valence-electron chi connectivity index (χ3n) is 12.4. The summed E-state index contributed by atoms with van der Waals surface area (Å²) in [5.41, 5.74) is 0. The number of carbonyl (C=O) groups is 3. The van der Waals surface area contributed by atoms with Crippen LogP contribution in [0.25, 0.3) is 0 Å². The first-order chi connectivity index (χ1) is 36.5. The van der Waals surface area contributed by atoms with Crippen molar-refractivity contribution in [1.29, 1.82) is 0 Å². The van der Waals surface area contributed by atoms with E-state index >= 15 is 0 Å². The van der Waals surface area contributed by atoms with E-state index in [2.05, 4.69) is 154 Å². The SMILES string of the molecule is CC/C=C\C/C=C\C/C=C\C/C=C\C/C=C\CCCCCCCCCC(=O)OCC(COC(=O)CCCCCCC/C=C\CCC)OC(=O)CCCCCCCCC/C=C\C/C=C\C/C=C\C/C=C\C/C=C\CC. The highest BCUT2D eigenvalue weighted by Crippen LogP contribution is 2.14. The zero-order chi connectivity index (χ0) is 53.6. The van der Waals surface area contributed by atoms with E-state index in [0.717, 1.165) is 161 Å². The second-order valence-electron chi connectivity index (χ2n) is 19.5. The number of hydrogen-bond donors (Lipinski definition) is 0. The maximum atomic E-state index is 12.9. The van der Waals surface area contributed by atoms with Crippen LogP contribution in [-0.2, 0) is 28.6 Å². The summed E-state index contributed by atoms with van der Waals surface area (Å²) in [7, 11) is 0. The van der Waals surface area contributed by atoms with Gasteiger partial charge in [0.2, 0.25) is 0 Å². The Morgan fingerprint density at radius 2 is 0.527 bits per heavy atom. The number of unbranched alkanes of at least 4 members (excludes halogenated alkanes) is 20. The first-order valence-corrected chi connectivity index (χ1v) is 30.2. The van der Waals surface area contributed by atoms with Gasteiger partial charge in [0.25, 0.3) is 0 Å². The van der Waals surface area contributed by atoms with Crippen LogP contribution in [-0.4, -0.2) is 37.2 Å². The van der Waals surface area contributed by atoms with Crippen molar-refractivity contribution < 1.29 is 28.6 Å². The lowest BCUT2D eigenvalue weighted by atomic mass is 10.1. The molecule has 0 saturated carbocycles. The topological polar surface area (TPSA) is 78.9 Å².